The number of amidine groups is 1. The summed E-state index contributed by atoms with van der Waals surface area (Å²) in [4.78, 5) is 24.0. The van der Waals surface area contributed by atoms with E-state index in [-0.39, 0.29) is 5.41 Å². The van der Waals surface area contributed by atoms with Gasteiger partial charge in [0, 0.05) is 42.5 Å². The van der Waals surface area contributed by atoms with Gasteiger partial charge in [-0.3, -0.25) is 4.99 Å². The third kappa shape index (κ3) is 3.61. The maximum atomic E-state index is 5.98. The number of benzene rings is 1. The zero-order valence-electron chi connectivity index (χ0n) is 19.0. The van der Waals surface area contributed by atoms with E-state index in [9.17, 15) is 0 Å². The van der Waals surface area contributed by atoms with Gasteiger partial charge in [0.15, 0.2) is 5.84 Å². The summed E-state index contributed by atoms with van der Waals surface area (Å²) in [5, 5.41) is 3.12. The first-order valence-corrected chi connectivity index (χ1v) is 12.7. The van der Waals surface area contributed by atoms with Crippen LogP contribution in [-0.2, 0) is 13.0 Å². The van der Waals surface area contributed by atoms with Crippen molar-refractivity contribution in [3.05, 3.63) is 52.9 Å². The summed E-state index contributed by atoms with van der Waals surface area (Å²) in [5.74, 6) is 1.92. The quantitative estimate of drug-likeness (QED) is 0.640. The maximum Gasteiger partial charge on any atom is 0.156 e. The molecule has 0 spiro atoms. The maximum absolute atomic E-state index is 5.98. The van der Waals surface area contributed by atoms with Crippen molar-refractivity contribution >= 4 is 28.7 Å². The average molecular weight is 460 g/mol. The third-order valence-electron chi connectivity index (χ3n) is 7.38. The van der Waals surface area contributed by atoms with Crippen LogP contribution in [0.1, 0.15) is 43.1 Å². The molecule has 6 rings (SSSR count). The first-order chi connectivity index (χ1) is 16.1. The number of fused-ring (bicyclic) bond motifs is 2. The fourth-order valence-corrected chi connectivity index (χ4v) is 5.88. The molecule has 3 aliphatic rings. The molecule has 0 bridgehead atoms. The Morgan fingerprint density at radius 2 is 2.03 bits per heavy atom. The van der Waals surface area contributed by atoms with Crippen LogP contribution >= 0.6 is 11.3 Å². The molecule has 1 aromatic carbocycles. The lowest BCUT2D eigenvalue weighted by Gasteiger charge is -2.39. The minimum Gasteiger partial charge on any atom is -0.355 e. The summed E-state index contributed by atoms with van der Waals surface area (Å²) in [6, 6.07) is 6.52. The van der Waals surface area contributed by atoms with Gasteiger partial charge in [0.05, 0.1) is 18.4 Å². The van der Waals surface area contributed by atoms with Crippen molar-refractivity contribution in [3.63, 3.8) is 0 Å². The molecule has 8 heteroatoms. The molecule has 170 valence electrons. The van der Waals surface area contributed by atoms with Gasteiger partial charge in [0.2, 0.25) is 0 Å². The Hall–Kier alpha value is -2.84. The lowest BCUT2D eigenvalue weighted by Crippen LogP contribution is -2.42. The molecule has 0 amide bonds. The molecule has 2 N–H and O–H groups in total. The zero-order chi connectivity index (χ0) is 22.4. The van der Waals surface area contributed by atoms with Gasteiger partial charge in [0.1, 0.15) is 16.5 Å². The Bertz CT molecular complexity index is 1200. The first-order valence-electron chi connectivity index (χ1n) is 11.8. The second-order valence-corrected chi connectivity index (χ2v) is 10.5. The fourth-order valence-electron chi connectivity index (χ4n) is 5.19. The molecule has 1 fully saturated rings. The highest BCUT2D eigenvalue weighted by Gasteiger charge is 2.32. The third-order valence-corrected chi connectivity index (χ3v) is 8.19. The molecular formula is C25H29N7S. The van der Waals surface area contributed by atoms with Crippen LogP contribution in [-0.4, -0.2) is 47.0 Å². The van der Waals surface area contributed by atoms with E-state index < -0.39 is 0 Å². The summed E-state index contributed by atoms with van der Waals surface area (Å²) < 4.78 is 0. The van der Waals surface area contributed by atoms with Gasteiger partial charge in [-0.05, 0) is 49.3 Å². The molecule has 3 aromatic rings. The Kier molecular flexibility index (Phi) is 5.14. The largest absolute Gasteiger partial charge is 0.355 e. The molecular weight excluding hydrogens is 430 g/mol. The van der Waals surface area contributed by atoms with Crippen molar-refractivity contribution in [3.8, 4) is 10.6 Å². The van der Waals surface area contributed by atoms with E-state index in [1.165, 1.54) is 16.8 Å². The fraction of sp³-hybridized carbons (Fsp3) is 0.440. The summed E-state index contributed by atoms with van der Waals surface area (Å²) in [6.45, 7) is 6.53. The van der Waals surface area contributed by atoms with Gasteiger partial charge in [-0.2, -0.15) is 0 Å². The number of anilines is 2. The van der Waals surface area contributed by atoms with Gasteiger partial charge in [-0.1, -0.05) is 19.1 Å². The van der Waals surface area contributed by atoms with Gasteiger partial charge in [-0.15, -0.1) is 11.3 Å². The van der Waals surface area contributed by atoms with Crippen LogP contribution in [0.15, 0.2) is 41.0 Å². The van der Waals surface area contributed by atoms with Crippen molar-refractivity contribution in [2.45, 2.75) is 39.2 Å². The summed E-state index contributed by atoms with van der Waals surface area (Å²) in [7, 11) is 0. The number of nitrogens with zero attached hydrogens (tertiary/aromatic N) is 6. The van der Waals surface area contributed by atoms with Crippen LogP contribution in [0.2, 0.25) is 0 Å². The second kappa shape index (κ2) is 8.18. The van der Waals surface area contributed by atoms with Gasteiger partial charge in [-0.25, -0.2) is 15.0 Å². The molecule has 3 aliphatic heterocycles. The number of hydrogen-bond donors (Lipinski definition) is 1. The molecule has 5 heterocycles. The van der Waals surface area contributed by atoms with Gasteiger partial charge in [0.25, 0.3) is 0 Å². The number of piperidine rings is 1. The lowest BCUT2D eigenvalue weighted by molar-refractivity contribution is 0.258. The molecule has 7 nitrogen and oxygen atoms in total. The Morgan fingerprint density at radius 3 is 2.82 bits per heavy atom. The standard InChI is InChI=1S/C25H29N7S/c1-25(16-26)7-11-31(12-8-25)21-15-28-22-19(30-21)14-29-23(22)32-10-3-5-17-18(4-2-6-20(17)32)24-27-9-13-33-24/h2,4,6,9,13,15H,3,5,7-8,10-12,14,16,26H2,1H3. The smallest absolute Gasteiger partial charge is 0.156 e. The highest BCUT2D eigenvalue weighted by atomic mass is 32.1. The zero-order valence-corrected chi connectivity index (χ0v) is 19.8. The minimum atomic E-state index is 0.246. The average Bonchev–Trinajstić information content (AvgIpc) is 3.54. The van der Waals surface area contributed by atoms with Crippen molar-refractivity contribution < 1.29 is 0 Å². The van der Waals surface area contributed by atoms with E-state index in [1.807, 2.05) is 17.8 Å². The van der Waals surface area contributed by atoms with Crippen molar-refractivity contribution in [1.29, 1.82) is 0 Å². The number of thiazole rings is 1. The van der Waals surface area contributed by atoms with Crippen molar-refractivity contribution in [2.75, 3.05) is 36.0 Å². The SMILES string of the molecule is CC1(CN)CCN(c2cnc3c(n2)CN=C3N2CCCc3c(-c4nccs4)cccc32)CC1. The number of hydrogen-bond acceptors (Lipinski definition) is 8. The number of nitrogens with two attached hydrogens (primary N) is 1. The Balaban J connectivity index is 1.28. The normalized spacial score (nSPS) is 19.3. The molecule has 0 aliphatic carbocycles. The molecule has 1 saturated heterocycles. The summed E-state index contributed by atoms with van der Waals surface area (Å²) in [6.07, 6.45) is 8.14. The van der Waals surface area contributed by atoms with Crippen molar-refractivity contribution in [1.82, 2.24) is 15.0 Å². The minimum absolute atomic E-state index is 0.246. The monoisotopic (exact) mass is 459 g/mol. The summed E-state index contributed by atoms with van der Waals surface area (Å²) >= 11 is 1.69. The summed E-state index contributed by atoms with van der Waals surface area (Å²) in [5.41, 5.74) is 12.0. The van der Waals surface area contributed by atoms with E-state index in [2.05, 4.69) is 39.9 Å². The lowest BCUT2D eigenvalue weighted by atomic mass is 9.80. The Labute approximate surface area is 198 Å². The van der Waals surface area contributed by atoms with E-state index in [0.29, 0.717) is 6.54 Å². The predicted molar refractivity (Wildman–Crippen MR) is 134 cm³/mol. The highest BCUT2D eigenvalue weighted by molar-refractivity contribution is 7.13. The van der Waals surface area contributed by atoms with E-state index in [4.69, 9.17) is 20.7 Å². The molecule has 0 radical (unpaired) electrons. The van der Waals surface area contributed by atoms with Crippen LogP contribution in [0.25, 0.3) is 10.6 Å². The van der Waals surface area contributed by atoms with Crippen LogP contribution in [0.4, 0.5) is 11.5 Å². The van der Waals surface area contributed by atoms with Crippen LogP contribution < -0.4 is 15.5 Å². The molecule has 0 atom stereocenters. The van der Waals surface area contributed by atoms with Gasteiger partial charge < -0.3 is 15.5 Å². The van der Waals surface area contributed by atoms with E-state index >= 15 is 0 Å². The number of aliphatic imine (C=N–C) groups is 1. The molecule has 33 heavy (non-hydrogen) atoms. The number of aromatic nitrogens is 3. The van der Waals surface area contributed by atoms with E-state index in [1.54, 1.807) is 11.3 Å². The Morgan fingerprint density at radius 1 is 1.15 bits per heavy atom. The van der Waals surface area contributed by atoms with Crippen molar-refractivity contribution in [2.24, 2.45) is 16.1 Å². The molecule has 0 saturated carbocycles. The molecule has 0 unspecified atom stereocenters. The molecule has 2 aromatic heterocycles. The second-order valence-electron chi connectivity index (χ2n) is 9.56. The van der Waals surface area contributed by atoms with Crippen LogP contribution in [0.3, 0.4) is 0 Å². The number of rotatable bonds is 3. The predicted octanol–water partition coefficient (Wildman–Crippen LogP) is 3.88. The first kappa shape index (κ1) is 20.7. The van der Waals surface area contributed by atoms with E-state index in [0.717, 1.165) is 79.9 Å². The van der Waals surface area contributed by atoms with Crippen LogP contribution in [0.5, 0.6) is 0 Å². The van der Waals surface area contributed by atoms with Gasteiger partial charge >= 0.3 is 0 Å². The topological polar surface area (TPSA) is 83.5 Å². The highest BCUT2D eigenvalue weighted by Crippen LogP contribution is 2.38. The van der Waals surface area contributed by atoms with Crippen LogP contribution in [0, 0.1) is 5.41 Å².